The summed E-state index contributed by atoms with van der Waals surface area (Å²) in [5.74, 6) is 0.710. The third-order valence-electron chi connectivity index (χ3n) is 2.37. The van der Waals surface area contributed by atoms with Crippen molar-refractivity contribution in [2.75, 3.05) is 6.54 Å². The van der Waals surface area contributed by atoms with Crippen molar-refractivity contribution in [3.05, 3.63) is 35.4 Å². The molecule has 1 aromatic carbocycles. The van der Waals surface area contributed by atoms with E-state index in [0.717, 1.165) is 6.54 Å². The van der Waals surface area contributed by atoms with E-state index >= 15 is 0 Å². The highest BCUT2D eigenvalue weighted by atomic mass is 14.9. The minimum absolute atomic E-state index is 0.456. The molecule has 0 bridgehead atoms. The molecule has 0 fully saturated rings. The Labute approximate surface area is 87.5 Å². The molecule has 1 atom stereocenters. The summed E-state index contributed by atoms with van der Waals surface area (Å²) in [6, 6.07) is 9.15. The average molecular weight is 191 g/mol. The standard InChI is InChI=1S/C13H21N/c1-10(2)9-14-12(4)13-7-5-6-11(3)8-13/h5-8,10,12,14H,9H2,1-4H3. The highest BCUT2D eigenvalue weighted by Gasteiger charge is 2.04. The number of nitrogens with one attached hydrogen (secondary N) is 1. The smallest absolute Gasteiger partial charge is 0.0291 e. The Balaban J connectivity index is 2.56. The van der Waals surface area contributed by atoms with Crippen molar-refractivity contribution in [2.24, 2.45) is 5.92 Å². The van der Waals surface area contributed by atoms with Crippen molar-refractivity contribution in [1.29, 1.82) is 0 Å². The molecule has 1 aromatic rings. The molecule has 0 aliphatic heterocycles. The molecule has 0 saturated carbocycles. The van der Waals surface area contributed by atoms with Gasteiger partial charge in [0.2, 0.25) is 0 Å². The molecule has 0 amide bonds. The lowest BCUT2D eigenvalue weighted by Gasteiger charge is -2.16. The van der Waals surface area contributed by atoms with Gasteiger partial charge < -0.3 is 5.32 Å². The monoisotopic (exact) mass is 191 g/mol. The molecule has 1 N–H and O–H groups in total. The van der Waals surface area contributed by atoms with Crippen LogP contribution in [-0.4, -0.2) is 6.54 Å². The molecule has 14 heavy (non-hydrogen) atoms. The van der Waals surface area contributed by atoms with Gasteiger partial charge in [0.25, 0.3) is 0 Å². The van der Waals surface area contributed by atoms with E-state index in [-0.39, 0.29) is 0 Å². The molecule has 0 saturated heterocycles. The van der Waals surface area contributed by atoms with Gasteiger partial charge in [-0.15, -0.1) is 0 Å². The van der Waals surface area contributed by atoms with Gasteiger partial charge in [-0.25, -0.2) is 0 Å². The molecule has 78 valence electrons. The van der Waals surface area contributed by atoms with Crippen molar-refractivity contribution in [2.45, 2.75) is 33.7 Å². The van der Waals surface area contributed by atoms with Gasteiger partial charge in [0, 0.05) is 6.04 Å². The zero-order valence-electron chi connectivity index (χ0n) is 9.67. The normalized spacial score (nSPS) is 13.2. The lowest BCUT2D eigenvalue weighted by molar-refractivity contribution is 0.496. The van der Waals surface area contributed by atoms with Gasteiger partial charge in [-0.1, -0.05) is 43.7 Å². The zero-order chi connectivity index (χ0) is 10.6. The summed E-state index contributed by atoms with van der Waals surface area (Å²) in [5, 5.41) is 3.53. The fourth-order valence-electron chi connectivity index (χ4n) is 1.47. The Kier molecular flexibility index (Phi) is 4.15. The van der Waals surface area contributed by atoms with Crippen LogP contribution in [0, 0.1) is 12.8 Å². The minimum Gasteiger partial charge on any atom is -0.310 e. The predicted octanol–water partition coefficient (Wildman–Crippen LogP) is 3.30. The number of hydrogen-bond donors (Lipinski definition) is 1. The van der Waals surface area contributed by atoms with E-state index in [4.69, 9.17) is 0 Å². The van der Waals surface area contributed by atoms with Crippen LogP contribution in [0.15, 0.2) is 24.3 Å². The fourth-order valence-corrected chi connectivity index (χ4v) is 1.47. The van der Waals surface area contributed by atoms with Gasteiger partial charge in [0.1, 0.15) is 0 Å². The van der Waals surface area contributed by atoms with E-state index in [2.05, 4.69) is 57.3 Å². The second-order valence-corrected chi connectivity index (χ2v) is 4.44. The maximum atomic E-state index is 3.53. The van der Waals surface area contributed by atoms with Crippen molar-refractivity contribution in [1.82, 2.24) is 5.32 Å². The second-order valence-electron chi connectivity index (χ2n) is 4.44. The lowest BCUT2D eigenvalue weighted by atomic mass is 10.1. The lowest BCUT2D eigenvalue weighted by Crippen LogP contribution is -2.23. The molecular formula is C13H21N. The highest BCUT2D eigenvalue weighted by Crippen LogP contribution is 2.13. The van der Waals surface area contributed by atoms with Crippen molar-refractivity contribution < 1.29 is 0 Å². The van der Waals surface area contributed by atoms with Gasteiger partial charge in [-0.3, -0.25) is 0 Å². The number of benzene rings is 1. The molecule has 1 rings (SSSR count). The topological polar surface area (TPSA) is 12.0 Å². The van der Waals surface area contributed by atoms with Crippen LogP contribution >= 0.6 is 0 Å². The van der Waals surface area contributed by atoms with E-state index in [1.54, 1.807) is 0 Å². The molecule has 1 unspecified atom stereocenters. The van der Waals surface area contributed by atoms with E-state index in [1.807, 2.05) is 0 Å². The molecule has 1 nitrogen and oxygen atoms in total. The van der Waals surface area contributed by atoms with Crippen LogP contribution in [0.1, 0.15) is 37.9 Å². The Bertz CT molecular complexity index is 278. The Morgan fingerprint density at radius 3 is 2.50 bits per heavy atom. The first-order chi connectivity index (χ1) is 6.59. The largest absolute Gasteiger partial charge is 0.310 e. The first-order valence-electron chi connectivity index (χ1n) is 5.39. The quantitative estimate of drug-likeness (QED) is 0.770. The maximum Gasteiger partial charge on any atom is 0.0291 e. The highest BCUT2D eigenvalue weighted by molar-refractivity contribution is 5.24. The molecule has 1 heteroatoms. The summed E-state index contributed by atoms with van der Waals surface area (Å²) in [6.07, 6.45) is 0. The first-order valence-corrected chi connectivity index (χ1v) is 5.39. The minimum atomic E-state index is 0.456. The summed E-state index contributed by atoms with van der Waals surface area (Å²) in [6.45, 7) is 9.90. The summed E-state index contributed by atoms with van der Waals surface area (Å²) < 4.78 is 0. The number of aryl methyl sites for hydroxylation is 1. The van der Waals surface area contributed by atoms with Crippen LogP contribution in [0.2, 0.25) is 0 Å². The van der Waals surface area contributed by atoms with Gasteiger partial charge in [-0.2, -0.15) is 0 Å². The summed E-state index contributed by atoms with van der Waals surface area (Å²) in [4.78, 5) is 0. The number of hydrogen-bond acceptors (Lipinski definition) is 1. The third kappa shape index (κ3) is 3.51. The predicted molar refractivity (Wildman–Crippen MR) is 62.4 cm³/mol. The van der Waals surface area contributed by atoms with Crippen LogP contribution in [0.4, 0.5) is 0 Å². The van der Waals surface area contributed by atoms with Gasteiger partial charge in [0.15, 0.2) is 0 Å². The van der Waals surface area contributed by atoms with Crippen molar-refractivity contribution in [3.63, 3.8) is 0 Å². The summed E-state index contributed by atoms with van der Waals surface area (Å²) >= 11 is 0. The number of rotatable bonds is 4. The van der Waals surface area contributed by atoms with Gasteiger partial charge in [0.05, 0.1) is 0 Å². The summed E-state index contributed by atoms with van der Waals surface area (Å²) in [7, 11) is 0. The SMILES string of the molecule is Cc1cccc(C(C)NCC(C)C)c1. The zero-order valence-corrected chi connectivity index (χ0v) is 9.67. The second kappa shape index (κ2) is 5.16. The maximum absolute atomic E-state index is 3.53. The molecule has 0 aromatic heterocycles. The van der Waals surface area contributed by atoms with Crippen LogP contribution in [0.5, 0.6) is 0 Å². The van der Waals surface area contributed by atoms with Crippen molar-refractivity contribution in [3.8, 4) is 0 Å². The molecule has 0 spiro atoms. The molecule has 0 radical (unpaired) electrons. The van der Waals surface area contributed by atoms with E-state index in [1.165, 1.54) is 11.1 Å². The fraction of sp³-hybridized carbons (Fsp3) is 0.538. The molecule has 0 aliphatic carbocycles. The summed E-state index contributed by atoms with van der Waals surface area (Å²) in [5.41, 5.74) is 2.71. The Morgan fingerprint density at radius 2 is 1.93 bits per heavy atom. The Hall–Kier alpha value is -0.820. The molecular weight excluding hydrogens is 170 g/mol. The van der Waals surface area contributed by atoms with Crippen LogP contribution in [0.3, 0.4) is 0 Å². The van der Waals surface area contributed by atoms with E-state index in [9.17, 15) is 0 Å². The van der Waals surface area contributed by atoms with E-state index < -0.39 is 0 Å². The Morgan fingerprint density at radius 1 is 1.21 bits per heavy atom. The van der Waals surface area contributed by atoms with Crippen LogP contribution in [-0.2, 0) is 0 Å². The van der Waals surface area contributed by atoms with Crippen LogP contribution in [0.25, 0.3) is 0 Å². The van der Waals surface area contributed by atoms with Gasteiger partial charge in [-0.05, 0) is 31.9 Å². The van der Waals surface area contributed by atoms with Crippen LogP contribution < -0.4 is 5.32 Å². The van der Waals surface area contributed by atoms with Crippen molar-refractivity contribution >= 4 is 0 Å². The van der Waals surface area contributed by atoms with Gasteiger partial charge >= 0.3 is 0 Å². The first kappa shape index (κ1) is 11.3. The van der Waals surface area contributed by atoms with E-state index in [0.29, 0.717) is 12.0 Å². The molecule has 0 aliphatic rings. The third-order valence-corrected chi connectivity index (χ3v) is 2.37. The molecule has 0 heterocycles. The average Bonchev–Trinajstić information content (AvgIpc) is 2.14.